The number of hydrogen-bond acceptors (Lipinski definition) is 3. The van der Waals surface area contributed by atoms with Gasteiger partial charge in [0, 0.05) is 38.1 Å². The van der Waals surface area contributed by atoms with Gasteiger partial charge in [0.05, 0.1) is 13.2 Å². The fourth-order valence-corrected chi connectivity index (χ4v) is 2.55. The van der Waals surface area contributed by atoms with E-state index in [0.717, 1.165) is 36.8 Å². The molecule has 6 heteroatoms. The number of nitrogens with zero attached hydrogens (tertiary/aromatic N) is 3. The molecule has 2 rings (SSSR count). The minimum atomic E-state index is 0.0946. The molecule has 0 bridgehead atoms. The third kappa shape index (κ3) is 5.01. The van der Waals surface area contributed by atoms with Gasteiger partial charge < -0.3 is 15.4 Å². The average Bonchev–Trinajstić information content (AvgIpc) is 3.10. The fraction of sp³-hybridized carbons (Fsp3) is 0.444. The molecular formula is C18H27N5O. The highest BCUT2D eigenvalue weighted by atomic mass is 16.5. The summed E-state index contributed by atoms with van der Waals surface area (Å²) in [5.74, 6) is 1.67. The molecule has 2 aromatic rings. The Labute approximate surface area is 143 Å². The summed E-state index contributed by atoms with van der Waals surface area (Å²) in [5, 5.41) is 11.0. The number of rotatable bonds is 7. The van der Waals surface area contributed by atoms with Crippen molar-refractivity contribution >= 4 is 5.96 Å². The van der Waals surface area contributed by atoms with Crippen LogP contribution < -0.4 is 15.4 Å². The van der Waals surface area contributed by atoms with Gasteiger partial charge in [-0.25, -0.2) is 0 Å². The van der Waals surface area contributed by atoms with Crippen LogP contribution in [0.2, 0.25) is 0 Å². The first-order valence-corrected chi connectivity index (χ1v) is 8.23. The van der Waals surface area contributed by atoms with Crippen LogP contribution in [0.3, 0.4) is 0 Å². The third-order valence-corrected chi connectivity index (χ3v) is 3.84. The molecule has 6 nitrogen and oxygen atoms in total. The predicted octanol–water partition coefficient (Wildman–Crippen LogP) is 2.52. The van der Waals surface area contributed by atoms with Crippen molar-refractivity contribution < 1.29 is 4.74 Å². The minimum Gasteiger partial charge on any atom is -0.496 e. The molecule has 1 aromatic heterocycles. The third-order valence-electron chi connectivity index (χ3n) is 3.84. The summed E-state index contributed by atoms with van der Waals surface area (Å²) >= 11 is 0. The first-order chi connectivity index (χ1) is 11.6. The topological polar surface area (TPSA) is 63.5 Å². The number of methoxy groups -OCH3 is 1. The van der Waals surface area contributed by atoms with E-state index in [9.17, 15) is 0 Å². The van der Waals surface area contributed by atoms with Crippen molar-refractivity contribution in [2.24, 2.45) is 4.99 Å². The van der Waals surface area contributed by atoms with Crippen molar-refractivity contribution in [2.75, 3.05) is 20.7 Å². The molecule has 0 saturated heterocycles. The molecule has 0 radical (unpaired) electrons. The van der Waals surface area contributed by atoms with Crippen molar-refractivity contribution in [3.05, 3.63) is 47.8 Å². The zero-order chi connectivity index (χ0) is 17.4. The van der Waals surface area contributed by atoms with E-state index in [-0.39, 0.29) is 6.04 Å². The number of ether oxygens (including phenoxy) is 1. The molecule has 1 atom stereocenters. The van der Waals surface area contributed by atoms with Gasteiger partial charge in [-0.2, -0.15) is 5.10 Å². The van der Waals surface area contributed by atoms with Crippen LogP contribution in [0.5, 0.6) is 5.75 Å². The molecule has 0 aliphatic carbocycles. The van der Waals surface area contributed by atoms with Crippen LogP contribution in [0.15, 0.2) is 41.7 Å². The number of nitrogens with one attached hydrogen (secondary N) is 2. The molecule has 0 spiro atoms. The molecule has 1 unspecified atom stereocenters. The molecule has 0 saturated carbocycles. The largest absolute Gasteiger partial charge is 0.496 e. The molecule has 0 aliphatic rings. The van der Waals surface area contributed by atoms with E-state index >= 15 is 0 Å². The van der Waals surface area contributed by atoms with E-state index in [1.807, 2.05) is 23.0 Å². The lowest BCUT2D eigenvalue weighted by molar-refractivity contribution is 0.405. The highest BCUT2D eigenvalue weighted by Crippen LogP contribution is 2.25. The highest BCUT2D eigenvalue weighted by Gasteiger charge is 2.13. The quantitative estimate of drug-likeness (QED) is 0.465. The summed E-state index contributed by atoms with van der Waals surface area (Å²) in [4.78, 5) is 4.30. The number of guanidine groups is 1. The van der Waals surface area contributed by atoms with Gasteiger partial charge in [0.25, 0.3) is 0 Å². The van der Waals surface area contributed by atoms with Gasteiger partial charge in [-0.1, -0.05) is 17.7 Å². The smallest absolute Gasteiger partial charge is 0.191 e. The minimum absolute atomic E-state index is 0.0946. The Bertz CT molecular complexity index is 651. The van der Waals surface area contributed by atoms with Crippen molar-refractivity contribution in [1.82, 2.24) is 20.4 Å². The Kier molecular flexibility index (Phi) is 6.66. The highest BCUT2D eigenvalue weighted by molar-refractivity contribution is 5.80. The zero-order valence-corrected chi connectivity index (χ0v) is 14.9. The number of hydrogen-bond donors (Lipinski definition) is 2. The SMILES string of the molecule is CN=C(NCCCn1cccn1)NC(C)c1cc(C)ccc1OC. The number of aliphatic imine (C=N–C) groups is 1. The Balaban J connectivity index is 1.86. The van der Waals surface area contributed by atoms with Crippen LogP contribution in [0, 0.1) is 6.92 Å². The molecule has 1 heterocycles. The number of benzene rings is 1. The van der Waals surface area contributed by atoms with Crippen LogP contribution >= 0.6 is 0 Å². The normalized spacial score (nSPS) is 12.8. The molecule has 2 N–H and O–H groups in total. The average molecular weight is 329 g/mol. The second-order valence-corrected chi connectivity index (χ2v) is 5.73. The molecular weight excluding hydrogens is 302 g/mol. The summed E-state index contributed by atoms with van der Waals surface area (Å²) in [6, 6.07) is 8.23. The van der Waals surface area contributed by atoms with Crippen molar-refractivity contribution in [3.63, 3.8) is 0 Å². The first kappa shape index (κ1) is 17.8. The summed E-state index contributed by atoms with van der Waals surface area (Å²) in [6.07, 6.45) is 4.74. The van der Waals surface area contributed by atoms with Crippen LogP contribution in [0.1, 0.15) is 30.5 Å². The maximum atomic E-state index is 5.47. The standard InChI is InChI=1S/C18H27N5O/c1-14-7-8-17(24-4)16(13-14)15(2)22-18(19-3)20-9-5-11-23-12-6-10-21-23/h6-8,10,12-13,15H,5,9,11H2,1-4H3,(H2,19,20,22). The van der Waals surface area contributed by atoms with E-state index in [2.05, 4.69) is 46.7 Å². The monoisotopic (exact) mass is 329 g/mol. The van der Waals surface area contributed by atoms with Crippen LogP contribution in [0.4, 0.5) is 0 Å². The van der Waals surface area contributed by atoms with Gasteiger partial charge in [-0.15, -0.1) is 0 Å². The van der Waals surface area contributed by atoms with Crippen molar-refractivity contribution in [2.45, 2.75) is 32.9 Å². The van der Waals surface area contributed by atoms with Crippen molar-refractivity contribution in [1.29, 1.82) is 0 Å². The molecule has 0 fully saturated rings. The molecule has 0 amide bonds. The van der Waals surface area contributed by atoms with E-state index in [1.165, 1.54) is 5.56 Å². The van der Waals surface area contributed by atoms with Crippen LogP contribution in [-0.4, -0.2) is 36.4 Å². The van der Waals surface area contributed by atoms with Gasteiger partial charge in [0.2, 0.25) is 0 Å². The maximum absolute atomic E-state index is 5.47. The summed E-state index contributed by atoms with van der Waals surface area (Å²) in [7, 11) is 3.48. The van der Waals surface area contributed by atoms with Gasteiger partial charge in [0.15, 0.2) is 5.96 Å². The summed E-state index contributed by atoms with van der Waals surface area (Å²) < 4.78 is 7.40. The van der Waals surface area contributed by atoms with Gasteiger partial charge in [-0.05, 0) is 32.4 Å². The Morgan fingerprint density at radius 1 is 1.42 bits per heavy atom. The summed E-state index contributed by atoms with van der Waals surface area (Å²) in [5.41, 5.74) is 2.33. The lowest BCUT2D eigenvalue weighted by atomic mass is 10.0. The zero-order valence-electron chi connectivity index (χ0n) is 14.9. The van der Waals surface area contributed by atoms with Gasteiger partial charge >= 0.3 is 0 Å². The first-order valence-electron chi connectivity index (χ1n) is 8.23. The lowest BCUT2D eigenvalue weighted by Gasteiger charge is -2.20. The van der Waals surface area contributed by atoms with E-state index in [1.54, 1.807) is 20.4 Å². The Morgan fingerprint density at radius 3 is 2.92 bits per heavy atom. The van der Waals surface area contributed by atoms with Crippen molar-refractivity contribution in [3.8, 4) is 5.75 Å². The Morgan fingerprint density at radius 2 is 2.25 bits per heavy atom. The number of aryl methyl sites for hydroxylation is 2. The second kappa shape index (κ2) is 8.96. The second-order valence-electron chi connectivity index (χ2n) is 5.73. The fourth-order valence-electron chi connectivity index (χ4n) is 2.55. The Hall–Kier alpha value is -2.50. The number of aromatic nitrogens is 2. The van der Waals surface area contributed by atoms with E-state index in [4.69, 9.17) is 4.74 Å². The maximum Gasteiger partial charge on any atom is 0.191 e. The lowest BCUT2D eigenvalue weighted by Crippen LogP contribution is -2.39. The summed E-state index contributed by atoms with van der Waals surface area (Å²) in [6.45, 7) is 5.90. The molecule has 130 valence electrons. The van der Waals surface area contributed by atoms with Gasteiger partial charge in [0.1, 0.15) is 5.75 Å². The van der Waals surface area contributed by atoms with E-state index in [0.29, 0.717) is 0 Å². The van der Waals surface area contributed by atoms with Crippen LogP contribution in [-0.2, 0) is 6.54 Å². The molecule has 24 heavy (non-hydrogen) atoms. The van der Waals surface area contributed by atoms with Crippen LogP contribution in [0.25, 0.3) is 0 Å². The predicted molar refractivity (Wildman–Crippen MR) is 97.5 cm³/mol. The molecule has 1 aromatic carbocycles. The van der Waals surface area contributed by atoms with E-state index < -0.39 is 0 Å². The molecule has 0 aliphatic heterocycles. The van der Waals surface area contributed by atoms with Gasteiger partial charge in [-0.3, -0.25) is 9.67 Å².